The van der Waals surface area contributed by atoms with Crippen LogP contribution in [0.3, 0.4) is 0 Å². The summed E-state index contributed by atoms with van der Waals surface area (Å²) in [5, 5.41) is 29.3. The van der Waals surface area contributed by atoms with Gasteiger partial charge in [-0.25, -0.2) is 4.98 Å². The number of ether oxygens (including phenoxy) is 2. The molecule has 1 aliphatic heterocycles. The van der Waals surface area contributed by atoms with Gasteiger partial charge >= 0.3 is 6.01 Å². The largest absolute Gasteiger partial charge is 0.463 e. The second-order valence-electron chi connectivity index (χ2n) is 5.65. The smallest absolute Gasteiger partial charge is 0.320 e. The number of hydrogen-bond donors (Lipinski definition) is 4. The third-order valence-electron chi connectivity index (χ3n) is 3.95. The zero-order chi connectivity index (χ0) is 17.3. The van der Waals surface area contributed by atoms with Crippen molar-refractivity contribution in [2.24, 2.45) is 0 Å². The molecule has 5 N–H and O–H groups in total. The molecule has 0 radical (unpaired) electrons. The molecule has 0 saturated carbocycles. The van der Waals surface area contributed by atoms with E-state index in [1.165, 1.54) is 10.9 Å². The van der Waals surface area contributed by atoms with Crippen LogP contribution in [0, 0.1) is 0 Å². The molecule has 1 unspecified atom stereocenters. The average molecular weight is 339 g/mol. The molecule has 10 nitrogen and oxygen atoms in total. The summed E-state index contributed by atoms with van der Waals surface area (Å²) < 4.78 is 12.4. The number of aliphatic hydroxyl groups excluding tert-OH is 3. The summed E-state index contributed by atoms with van der Waals surface area (Å²) >= 11 is 0. The average Bonchev–Trinajstić information content (AvgIpc) is 3.10. The van der Waals surface area contributed by atoms with Gasteiger partial charge in [0.05, 0.1) is 19.5 Å². The Morgan fingerprint density at radius 2 is 2.12 bits per heavy atom. The molecule has 24 heavy (non-hydrogen) atoms. The van der Waals surface area contributed by atoms with E-state index in [0.717, 1.165) is 12.8 Å². The number of nitrogens with two attached hydrogens (primary N) is 1. The van der Waals surface area contributed by atoms with E-state index in [9.17, 15) is 15.3 Å². The highest BCUT2D eigenvalue weighted by molar-refractivity contribution is 5.82. The van der Waals surface area contributed by atoms with Crippen molar-refractivity contribution in [2.75, 3.05) is 18.9 Å². The van der Waals surface area contributed by atoms with Crippen LogP contribution in [-0.4, -0.2) is 66.4 Å². The van der Waals surface area contributed by atoms with Gasteiger partial charge in [0.2, 0.25) is 0 Å². The van der Waals surface area contributed by atoms with E-state index in [4.69, 9.17) is 15.2 Å². The van der Waals surface area contributed by atoms with Crippen LogP contribution in [0.2, 0.25) is 0 Å². The van der Waals surface area contributed by atoms with Crippen LogP contribution in [-0.2, 0) is 4.74 Å². The Labute approximate surface area is 137 Å². The number of hydrogen-bond acceptors (Lipinski definition) is 9. The second-order valence-corrected chi connectivity index (χ2v) is 5.65. The third kappa shape index (κ3) is 2.88. The fourth-order valence-electron chi connectivity index (χ4n) is 2.59. The van der Waals surface area contributed by atoms with Gasteiger partial charge in [0, 0.05) is 0 Å². The maximum Gasteiger partial charge on any atom is 0.320 e. The van der Waals surface area contributed by atoms with Crippen LogP contribution in [0.15, 0.2) is 6.33 Å². The van der Waals surface area contributed by atoms with Crippen molar-refractivity contribution in [3.63, 3.8) is 0 Å². The second kappa shape index (κ2) is 6.85. The van der Waals surface area contributed by atoms with Crippen LogP contribution < -0.4 is 10.5 Å². The van der Waals surface area contributed by atoms with E-state index in [-0.39, 0.29) is 11.8 Å². The van der Waals surface area contributed by atoms with Gasteiger partial charge in [-0.2, -0.15) is 9.97 Å². The quantitative estimate of drug-likeness (QED) is 0.496. The fourth-order valence-corrected chi connectivity index (χ4v) is 2.59. The Morgan fingerprint density at radius 3 is 2.79 bits per heavy atom. The summed E-state index contributed by atoms with van der Waals surface area (Å²) in [7, 11) is 0. The highest BCUT2D eigenvalue weighted by atomic mass is 16.6. The molecule has 0 spiro atoms. The number of imidazole rings is 1. The standard InChI is InChI=1S/C14H21N5O5/c1-2-3-4-23-14-17-11(15)8-12(18-14)19(6-16-8)13-10(22)9(21)7(5-20)24-13/h6-7,9-10,13,20-22H,2-5H2,1H3,(H2,15,17,18)/t7-,9-,10-,13?/m1/s1. The topological polar surface area (TPSA) is 149 Å². The van der Waals surface area contributed by atoms with Gasteiger partial charge in [-0.15, -0.1) is 0 Å². The van der Waals surface area contributed by atoms with Gasteiger partial charge in [-0.3, -0.25) is 4.57 Å². The van der Waals surface area contributed by atoms with Crippen LogP contribution in [0.4, 0.5) is 5.82 Å². The first kappa shape index (κ1) is 16.8. The predicted molar refractivity (Wildman–Crippen MR) is 83.1 cm³/mol. The third-order valence-corrected chi connectivity index (χ3v) is 3.95. The summed E-state index contributed by atoms with van der Waals surface area (Å²) in [5.41, 5.74) is 6.56. The molecule has 0 bridgehead atoms. The Morgan fingerprint density at radius 1 is 1.33 bits per heavy atom. The Hall–Kier alpha value is -2.01. The molecule has 1 aliphatic rings. The maximum atomic E-state index is 10.2. The number of nitrogen functional groups attached to an aromatic ring is 1. The van der Waals surface area contributed by atoms with E-state index in [1.807, 2.05) is 6.92 Å². The Kier molecular flexibility index (Phi) is 4.81. The van der Waals surface area contributed by atoms with Crippen molar-refractivity contribution >= 4 is 17.0 Å². The Bertz CT molecular complexity index is 708. The number of aliphatic hydroxyl groups is 3. The Balaban J connectivity index is 1.94. The molecule has 0 aromatic carbocycles. The van der Waals surface area contributed by atoms with Crippen molar-refractivity contribution in [1.29, 1.82) is 0 Å². The molecule has 1 saturated heterocycles. The molecule has 1 fully saturated rings. The molecule has 132 valence electrons. The van der Waals surface area contributed by atoms with Crippen molar-refractivity contribution < 1.29 is 24.8 Å². The molecular weight excluding hydrogens is 318 g/mol. The molecule has 10 heteroatoms. The van der Waals surface area contributed by atoms with E-state index in [2.05, 4.69) is 15.0 Å². The number of rotatable bonds is 6. The van der Waals surface area contributed by atoms with Crippen molar-refractivity contribution in [3.05, 3.63) is 6.33 Å². The van der Waals surface area contributed by atoms with Crippen LogP contribution in [0.25, 0.3) is 11.2 Å². The fraction of sp³-hybridized carbons (Fsp3) is 0.643. The van der Waals surface area contributed by atoms with E-state index in [0.29, 0.717) is 17.8 Å². The van der Waals surface area contributed by atoms with Gasteiger partial charge in [0.1, 0.15) is 18.3 Å². The number of unbranched alkanes of at least 4 members (excludes halogenated alkanes) is 1. The monoisotopic (exact) mass is 339 g/mol. The van der Waals surface area contributed by atoms with Crippen LogP contribution >= 0.6 is 0 Å². The number of fused-ring (bicyclic) bond motifs is 1. The van der Waals surface area contributed by atoms with Gasteiger partial charge < -0.3 is 30.5 Å². The number of anilines is 1. The molecule has 0 aliphatic carbocycles. The molecular formula is C14H21N5O5. The first-order valence-electron chi connectivity index (χ1n) is 7.82. The minimum Gasteiger partial charge on any atom is -0.463 e. The highest BCUT2D eigenvalue weighted by Gasteiger charge is 2.44. The zero-order valence-electron chi connectivity index (χ0n) is 13.2. The summed E-state index contributed by atoms with van der Waals surface area (Å²) in [5.74, 6) is 0.150. The van der Waals surface area contributed by atoms with Crippen LogP contribution in [0.5, 0.6) is 6.01 Å². The summed E-state index contributed by atoms with van der Waals surface area (Å²) in [4.78, 5) is 12.5. The summed E-state index contributed by atoms with van der Waals surface area (Å²) in [6.07, 6.45) is -1.06. The minimum atomic E-state index is -1.24. The van der Waals surface area contributed by atoms with E-state index < -0.39 is 31.1 Å². The van der Waals surface area contributed by atoms with Crippen molar-refractivity contribution in [3.8, 4) is 6.01 Å². The minimum absolute atomic E-state index is 0.113. The number of aromatic nitrogens is 4. The van der Waals surface area contributed by atoms with Crippen molar-refractivity contribution in [1.82, 2.24) is 19.5 Å². The van der Waals surface area contributed by atoms with Crippen molar-refractivity contribution in [2.45, 2.75) is 44.3 Å². The normalized spacial score (nSPS) is 27.0. The molecule has 2 aromatic heterocycles. The lowest BCUT2D eigenvalue weighted by molar-refractivity contribution is -0.0511. The maximum absolute atomic E-state index is 10.2. The first-order valence-corrected chi connectivity index (χ1v) is 7.82. The van der Waals surface area contributed by atoms with Crippen LogP contribution in [0.1, 0.15) is 26.0 Å². The lowest BCUT2D eigenvalue weighted by Gasteiger charge is -2.16. The summed E-state index contributed by atoms with van der Waals surface area (Å²) in [6, 6.07) is 0.113. The van der Waals surface area contributed by atoms with E-state index in [1.54, 1.807) is 0 Å². The zero-order valence-corrected chi connectivity index (χ0v) is 13.2. The van der Waals surface area contributed by atoms with Gasteiger partial charge in [0.15, 0.2) is 23.2 Å². The highest BCUT2D eigenvalue weighted by Crippen LogP contribution is 2.32. The van der Waals surface area contributed by atoms with Gasteiger partial charge in [-0.05, 0) is 6.42 Å². The molecule has 2 aromatic rings. The first-order chi connectivity index (χ1) is 11.6. The molecule has 0 amide bonds. The molecule has 3 rings (SSSR count). The predicted octanol–water partition coefficient (Wildman–Crippen LogP) is -0.801. The summed E-state index contributed by atoms with van der Waals surface area (Å²) in [6.45, 7) is 2.09. The SMILES string of the molecule is CCCCOc1nc(N)c2ncn(C3O[C@H](CO)[C@@H](O)[C@H]3O)c2n1. The molecule has 3 heterocycles. The lowest BCUT2D eigenvalue weighted by Crippen LogP contribution is -2.33. The molecule has 4 atom stereocenters. The van der Waals surface area contributed by atoms with Gasteiger partial charge in [0.25, 0.3) is 0 Å². The number of nitrogens with zero attached hydrogens (tertiary/aromatic N) is 4. The lowest BCUT2D eigenvalue weighted by atomic mass is 10.1. The van der Waals surface area contributed by atoms with Gasteiger partial charge in [-0.1, -0.05) is 13.3 Å². The van der Waals surface area contributed by atoms with E-state index >= 15 is 0 Å².